The molecule has 0 aromatic carbocycles. The zero-order valence-corrected chi connectivity index (χ0v) is 14.2. The number of amides is 1. The Labute approximate surface area is 156 Å². The lowest BCUT2D eigenvalue weighted by Crippen LogP contribution is -2.20. The van der Waals surface area contributed by atoms with Crippen molar-refractivity contribution in [1.29, 1.82) is 0 Å². The summed E-state index contributed by atoms with van der Waals surface area (Å²) in [6.45, 7) is -3.59. The van der Waals surface area contributed by atoms with Crippen LogP contribution in [-0.4, -0.2) is 51.3 Å². The van der Waals surface area contributed by atoms with Gasteiger partial charge in [-0.15, -0.1) is 9.78 Å². The highest BCUT2D eigenvalue weighted by atomic mass is 19.4. The predicted molar refractivity (Wildman–Crippen MR) is 79.4 cm³/mol. The van der Waals surface area contributed by atoms with Gasteiger partial charge in [-0.25, -0.2) is 9.67 Å². The van der Waals surface area contributed by atoms with E-state index in [-0.39, 0.29) is 10.5 Å². The third kappa shape index (κ3) is 4.38. The van der Waals surface area contributed by atoms with Crippen LogP contribution in [0.5, 0.6) is 5.88 Å². The molecule has 3 aromatic heterocycles. The number of ether oxygens (including phenoxy) is 1. The van der Waals surface area contributed by atoms with Crippen LogP contribution in [0.3, 0.4) is 0 Å². The summed E-state index contributed by atoms with van der Waals surface area (Å²) in [7, 11) is 1.45. The van der Waals surface area contributed by atoms with Crippen LogP contribution in [-0.2, 0) is 19.8 Å². The zero-order valence-electron chi connectivity index (χ0n) is 14.2. The number of rotatable bonds is 6. The third-order valence-corrected chi connectivity index (χ3v) is 3.34. The van der Waals surface area contributed by atoms with Crippen molar-refractivity contribution in [3.8, 4) is 5.88 Å². The van der Waals surface area contributed by atoms with Crippen LogP contribution < -0.4 is 10.1 Å². The Morgan fingerprint density at radius 2 is 1.93 bits per heavy atom. The minimum Gasteiger partial charge on any atom is -0.469 e. The summed E-state index contributed by atoms with van der Waals surface area (Å²) in [5.41, 5.74) is -1.82. The molecular weight excluding hydrogens is 411 g/mol. The number of hydrogen-bond acceptors (Lipinski definition) is 9. The Morgan fingerprint density at radius 1 is 1.21 bits per heavy atom. The van der Waals surface area contributed by atoms with E-state index in [1.165, 1.54) is 11.7 Å². The molecule has 0 aliphatic heterocycles. The minimum absolute atomic E-state index is 0.00116. The first kappa shape index (κ1) is 20.0. The number of hydrogen-bond donors (Lipinski definition) is 1. The van der Waals surface area contributed by atoms with Crippen LogP contribution in [0.15, 0.2) is 12.1 Å². The number of carbonyl (C=O) groups excluding carboxylic acids is 1. The summed E-state index contributed by atoms with van der Waals surface area (Å²) >= 11 is 0. The molecule has 1 amide bonds. The van der Waals surface area contributed by atoms with Crippen molar-refractivity contribution >= 4 is 11.9 Å². The molecule has 3 aromatic rings. The highest BCUT2D eigenvalue weighted by molar-refractivity contribution is 6.05. The quantitative estimate of drug-likeness (QED) is 0.575. The molecule has 17 heteroatoms. The van der Waals surface area contributed by atoms with E-state index in [2.05, 4.69) is 36.0 Å². The van der Waals surface area contributed by atoms with Crippen molar-refractivity contribution in [2.45, 2.75) is 19.3 Å². The van der Waals surface area contributed by atoms with E-state index < -0.39 is 48.3 Å². The second kappa shape index (κ2) is 7.68. The van der Waals surface area contributed by atoms with Crippen LogP contribution in [0, 0.1) is 0 Å². The van der Waals surface area contributed by atoms with Crippen LogP contribution in [0.1, 0.15) is 28.4 Å². The first-order valence-corrected chi connectivity index (χ1v) is 7.46. The molecule has 3 rings (SSSR count). The highest BCUT2D eigenvalue weighted by Gasteiger charge is 2.34. The Morgan fingerprint density at radius 3 is 2.55 bits per heavy atom. The van der Waals surface area contributed by atoms with E-state index in [1.54, 1.807) is 0 Å². The lowest BCUT2D eigenvalue weighted by atomic mass is 10.2. The molecule has 1 N–H and O–H groups in total. The van der Waals surface area contributed by atoms with Crippen molar-refractivity contribution in [3.63, 3.8) is 0 Å². The van der Waals surface area contributed by atoms with Gasteiger partial charge in [0.1, 0.15) is 11.3 Å². The molecule has 0 aliphatic rings. The molecule has 3 heterocycles. The van der Waals surface area contributed by atoms with E-state index >= 15 is 0 Å². The van der Waals surface area contributed by atoms with Gasteiger partial charge in [0.25, 0.3) is 11.9 Å². The molecule has 0 spiro atoms. The predicted octanol–water partition coefficient (Wildman–Crippen LogP) is 0.837. The SMILES string of the molecule is Cn1nnnc1COc1nc(C(F)(F)F)ccc1C(=O)Nc1nnnn1C(F)F. The first-order chi connectivity index (χ1) is 13.7. The van der Waals surface area contributed by atoms with Gasteiger partial charge in [0.05, 0.1) is 0 Å². The van der Waals surface area contributed by atoms with Crippen molar-refractivity contribution in [1.82, 2.24) is 45.4 Å². The van der Waals surface area contributed by atoms with E-state index in [0.717, 1.165) is 6.07 Å². The summed E-state index contributed by atoms with van der Waals surface area (Å²) < 4.78 is 70.8. The number of halogens is 5. The van der Waals surface area contributed by atoms with Crippen LogP contribution in [0.2, 0.25) is 0 Å². The van der Waals surface area contributed by atoms with Crippen molar-refractivity contribution in [2.75, 3.05) is 5.32 Å². The van der Waals surface area contributed by atoms with E-state index in [4.69, 9.17) is 4.74 Å². The summed E-state index contributed by atoms with van der Waals surface area (Å²) in [5, 5.41) is 21.6. The standard InChI is InChI=1S/C12H9F5N10O2/c1-26-7(20-22-24-26)4-29-9-5(2-3-6(18-9)12(15,16)17)8(28)19-11-21-23-25-27(11)10(13)14/h2-3,10H,4H2,1H3,(H,19,21,25,28). The Bertz CT molecular complexity index is 1020. The van der Waals surface area contributed by atoms with E-state index in [9.17, 15) is 26.7 Å². The summed E-state index contributed by atoms with van der Waals surface area (Å²) in [6.07, 6.45) is -4.82. The maximum absolute atomic E-state index is 13.0. The van der Waals surface area contributed by atoms with Gasteiger partial charge in [-0.05, 0) is 33.0 Å². The number of anilines is 1. The maximum atomic E-state index is 13.0. The fourth-order valence-electron chi connectivity index (χ4n) is 1.96. The van der Waals surface area contributed by atoms with Crippen molar-refractivity contribution in [3.05, 3.63) is 29.2 Å². The van der Waals surface area contributed by atoms with Gasteiger partial charge in [0.2, 0.25) is 5.88 Å². The van der Waals surface area contributed by atoms with Gasteiger partial charge in [-0.1, -0.05) is 5.10 Å². The molecule has 0 radical (unpaired) electrons. The molecule has 0 unspecified atom stereocenters. The topological polar surface area (TPSA) is 138 Å². The average Bonchev–Trinajstić information content (AvgIpc) is 3.27. The van der Waals surface area contributed by atoms with Gasteiger partial charge in [-0.2, -0.15) is 22.0 Å². The number of pyridine rings is 1. The number of aryl methyl sites for hydroxylation is 1. The average molecular weight is 420 g/mol. The monoisotopic (exact) mass is 420 g/mol. The maximum Gasteiger partial charge on any atom is 0.433 e. The molecule has 0 bridgehead atoms. The fraction of sp³-hybridized carbons (Fsp3) is 0.333. The molecule has 154 valence electrons. The van der Waals surface area contributed by atoms with E-state index in [1.807, 2.05) is 5.32 Å². The normalized spacial score (nSPS) is 11.7. The minimum atomic E-state index is -4.82. The lowest BCUT2D eigenvalue weighted by Gasteiger charge is -2.13. The fourth-order valence-corrected chi connectivity index (χ4v) is 1.96. The molecule has 29 heavy (non-hydrogen) atoms. The molecule has 0 aliphatic carbocycles. The summed E-state index contributed by atoms with van der Waals surface area (Å²) in [4.78, 5) is 15.7. The molecule has 12 nitrogen and oxygen atoms in total. The van der Waals surface area contributed by atoms with Gasteiger partial charge < -0.3 is 4.74 Å². The highest BCUT2D eigenvalue weighted by Crippen LogP contribution is 2.30. The summed E-state index contributed by atoms with van der Waals surface area (Å²) in [5.74, 6) is -2.46. The first-order valence-electron chi connectivity index (χ1n) is 7.46. The zero-order chi connectivity index (χ0) is 21.2. The third-order valence-electron chi connectivity index (χ3n) is 3.34. The van der Waals surface area contributed by atoms with E-state index in [0.29, 0.717) is 6.07 Å². The number of alkyl halides is 5. The number of carbonyl (C=O) groups is 1. The van der Waals surface area contributed by atoms with Gasteiger partial charge in [-0.3, -0.25) is 10.1 Å². The summed E-state index contributed by atoms with van der Waals surface area (Å²) in [6, 6.07) is 1.30. The number of nitrogens with zero attached hydrogens (tertiary/aromatic N) is 9. The number of aromatic nitrogens is 9. The molecule has 0 saturated carbocycles. The second-order valence-electron chi connectivity index (χ2n) is 5.23. The Balaban J connectivity index is 1.90. The molecule has 0 atom stereocenters. The smallest absolute Gasteiger partial charge is 0.433 e. The largest absolute Gasteiger partial charge is 0.469 e. The van der Waals surface area contributed by atoms with Gasteiger partial charge >= 0.3 is 12.7 Å². The number of nitrogens with one attached hydrogen (secondary N) is 1. The molecule has 0 fully saturated rings. The van der Waals surface area contributed by atoms with Gasteiger partial charge in [0.15, 0.2) is 12.4 Å². The van der Waals surface area contributed by atoms with Crippen molar-refractivity contribution < 1.29 is 31.5 Å². The Hall–Kier alpha value is -3.79. The Kier molecular flexibility index (Phi) is 5.29. The molecular formula is C12H9F5N10O2. The second-order valence-corrected chi connectivity index (χ2v) is 5.23. The lowest BCUT2D eigenvalue weighted by molar-refractivity contribution is -0.141. The van der Waals surface area contributed by atoms with Crippen LogP contribution >= 0.6 is 0 Å². The van der Waals surface area contributed by atoms with Gasteiger partial charge in [0, 0.05) is 7.05 Å². The number of tetrazole rings is 2. The van der Waals surface area contributed by atoms with Crippen molar-refractivity contribution in [2.24, 2.45) is 7.05 Å². The molecule has 0 saturated heterocycles. The van der Waals surface area contributed by atoms with Crippen LogP contribution in [0.25, 0.3) is 0 Å². The van der Waals surface area contributed by atoms with Crippen LogP contribution in [0.4, 0.5) is 27.9 Å².